The number of hydrogen-bond donors (Lipinski definition) is 0. The summed E-state index contributed by atoms with van der Waals surface area (Å²) in [5.74, 6) is 0. The predicted octanol–water partition coefficient (Wildman–Crippen LogP) is 2.62. The fourth-order valence-corrected chi connectivity index (χ4v) is 3.97. The zero-order valence-corrected chi connectivity index (χ0v) is 11.7. The SMILES string of the molecule is CC1CN2CCCCC2CN1c1csc(C=O)c1. The number of carbonyl (C=O) groups excluding carboxylic acids is 1. The van der Waals surface area contributed by atoms with Gasteiger partial charge in [-0.05, 0) is 32.4 Å². The molecule has 0 aromatic carbocycles. The van der Waals surface area contributed by atoms with Crippen LogP contribution in [0.1, 0.15) is 35.9 Å². The van der Waals surface area contributed by atoms with Crippen molar-refractivity contribution in [1.82, 2.24) is 4.90 Å². The van der Waals surface area contributed by atoms with Crippen molar-refractivity contribution < 1.29 is 4.79 Å². The van der Waals surface area contributed by atoms with Gasteiger partial charge in [0, 0.05) is 36.2 Å². The van der Waals surface area contributed by atoms with Crippen molar-refractivity contribution in [2.45, 2.75) is 38.3 Å². The summed E-state index contributed by atoms with van der Waals surface area (Å²) in [6.07, 6.45) is 5.01. The van der Waals surface area contributed by atoms with E-state index in [1.165, 1.54) is 31.5 Å². The Labute approximate surface area is 112 Å². The Hall–Kier alpha value is -0.870. The van der Waals surface area contributed by atoms with Crippen molar-refractivity contribution >= 4 is 23.3 Å². The molecule has 1 aromatic rings. The molecule has 0 bridgehead atoms. The lowest BCUT2D eigenvalue weighted by molar-refractivity contribution is 0.112. The van der Waals surface area contributed by atoms with E-state index < -0.39 is 0 Å². The number of hydrogen-bond acceptors (Lipinski definition) is 4. The first-order valence-corrected chi connectivity index (χ1v) is 7.70. The maximum absolute atomic E-state index is 10.8. The van der Waals surface area contributed by atoms with Crippen molar-refractivity contribution in [1.29, 1.82) is 0 Å². The number of piperazine rings is 1. The second-order valence-electron chi connectivity index (χ2n) is 5.47. The van der Waals surface area contributed by atoms with E-state index in [2.05, 4.69) is 22.1 Å². The summed E-state index contributed by atoms with van der Waals surface area (Å²) in [5.41, 5.74) is 1.24. The molecule has 3 nitrogen and oxygen atoms in total. The number of rotatable bonds is 2. The van der Waals surface area contributed by atoms with Crippen molar-refractivity contribution in [3.63, 3.8) is 0 Å². The zero-order valence-electron chi connectivity index (χ0n) is 10.8. The largest absolute Gasteiger partial charge is 0.365 e. The topological polar surface area (TPSA) is 23.6 Å². The van der Waals surface area contributed by atoms with Crippen LogP contribution in [0.2, 0.25) is 0 Å². The average Bonchev–Trinajstić information content (AvgIpc) is 2.86. The number of piperidine rings is 1. The molecule has 0 spiro atoms. The summed E-state index contributed by atoms with van der Waals surface area (Å²) in [7, 11) is 0. The molecule has 2 saturated heterocycles. The molecule has 1 aromatic heterocycles. The van der Waals surface area contributed by atoms with Crippen LogP contribution in [0, 0.1) is 0 Å². The lowest BCUT2D eigenvalue weighted by atomic mass is 9.97. The van der Waals surface area contributed by atoms with Gasteiger partial charge in [0.15, 0.2) is 6.29 Å². The third kappa shape index (κ3) is 2.19. The van der Waals surface area contributed by atoms with Crippen LogP contribution in [0.3, 0.4) is 0 Å². The van der Waals surface area contributed by atoms with E-state index >= 15 is 0 Å². The van der Waals surface area contributed by atoms with Crippen molar-refractivity contribution in [3.05, 3.63) is 16.3 Å². The molecule has 2 atom stereocenters. The van der Waals surface area contributed by atoms with Crippen molar-refractivity contribution in [2.24, 2.45) is 0 Å². The number of anilines is 1. The first-order chi connectivity index (χ1) is 8.78. The summed E-state index contributed by atoms with van der Waals surface area (Å²) < 4.78 is 0. The molecule has 98 valence electrons. The molecule has 0 N–H and O–H groups in total. The van der Waals surface area contributed by atoms with E-state index in [4.69, 9.17) is 0 Å². The highest BCUT2D eigenvalue weighted by Crippen LogP contribution is 2.30. The van der Waals surface area contributed by atoms with Gasteiger partial charge in [0.2, 0.25) is 0 Å². The lowest BCUT2D eigenvalue weighted by Gasteiger charge is -2.48. The van der Waals surface area contributed by atoms with Gasteiger partial charge < -0.3 is 4.90 Å². The monoisotopic (exact) mass is 264 g/mol. The molecule has 0 radical (unpaired) electrons. The van der Waals surface area contributed by atoms with E-state index in [1.54, 1.807) is 11.3 Å². The van der Waals surface area contributed by atoms with E-state index in [0.29, 0.717) is 6.04 Å². The highest BCUT2D eigenvalue weighted by atomic mass is 32.1. The van der Waals surface area contributed by atoms with Gasteiger partial charge in [-0.1, -0.05) is 6.42 Å². The van der Waals surface area contributed by atoms with Crippen molar-refractivity contribution in [3.8, 4) is 0 Å². The summed E-state index contributed by atoms with van der Waals surface area (Å²) in [5, 5.41) is 2.12. The van der Waals surface area contributed by atoms with E-state index in [9.17, 15) is 4.79 Å². The number of aldehydes is 1. The molecule has 2 fully saturated rings. The second kappa shape index (κ2) is 5.02. The highest BCUT2D eigenvalue weighted by molar-refractivity contribution is 7.12. The average molecular weight is 264 g/mol. The molecule has 4 heteroatoms. The van der Waals surface area contributed by atoms with Gasteiger partial charge in [-0.3, -0.25) is 9.69 Å². The second-order valence-corrected chi connectivity index (χ2v) is 6.41. The molecule has 2 aliphatic rings. The van der Waals surface area contributed by atoms with Gasteiger partial charge >= 0.3 is 0 Å². The summed E-state index contributed by atoms with van der Waals surface area (Å²) >= 11 is 1.55. The van der Waals surface area contributed by atoms with Crippen LogP contribution in [0.4, 0.5) is 5.69 Å². The van der Waals surface area contributed by atoms with Gasteiger partial charge in [0.1, 0.15) is 0 Å². The fraction of sp³-hybridized carbons (Fsp3) is 0.643. The smallest absolute Gasteiger partial charge is 0.160 e. The summed E-state index contributed by atoms with van der Waals surface area (Å²) in [4.78, 5) is 16.8. The standard InChI is InChI=1S/C14H20N2OS/c1-11-7-15-5-3-2-4-12(15)8-16(11)13-6-14(9-17)18-10-13/h6,9-12H,2-5,7-8H2,1H3. The van der Waals surface area contributed by atoms with Crippen LogP contribution in [0.5, 0.6) is 0 Å². The third-order valence-electron chi connectivity index (χ3n) is 4.24. The quantitative estimate of drug-likeness (QED) is 0.767. The Morgan fingerprint density at radius 2 is 2.28 bits per heavy atom. The molecule has 2 aliphatic heterocycles. The maximum atomic E-state index is 10.8. The molecular weight excluding hydrogens is 244 g/mol. The number of nitrogens with zero attached hydrogens (tertiary/aromatic N) is 2. The van der Waals surface area contributed by atoms with Crippen LogP contribution < -0.4 is 4.90 Å². The lowest BCUT2D eigenvalue weighted by Crippen LogP contribution is -2.58. The molecule has 3 rings (SSSR count). The van der Waals surface area contributed by atoms with Gasteiger partial charge in [-0.15, -0.1) is 11.3 Å². The van der Waals surface area contributed by atoms with Crippen LogP contribution in [0.15, 0.2) is 11.4 Å². The molecule has 2 unspecified atom stereocenters. The van der Waals surface area contributed by atoms with Gasteiger partial charge in [-0.25, -0.2) is 0 Å². The maximum Gasteiger partial charge on any atom is 0.160 e. The first kappa shape index (κ1) is 12.2. The minimum Gasteiger partial charge on any atom is -0.365 e. The van der Waals surface area contributed by atoms with Crippen LogP contribution >= 0.6 is 11.3 Å². The normalized spacial score (nSPS) is 29.1. The van der Waals surface area contributed by atoms with Gasteiger partial charge in [0.25, 0.3) is 0 Å². The predicted molar refractivity (Wildman–Crippen MR) is 75.7 cm³/mol. The Morgan fingerprint density at radius 3 is 3.06 bits per heavy atom. The van der Waals surface area contributed by atoms with Crippen LogP contribution in [-0.4, -0.2) is 42.9 Å². The van der Waals surface area contributed by atoms with E-state index in [1.807, 2.05) is 6.07 Å². The Balaban J connectivity index is 1.77. The molecule has 0 aliphatic carbocycles. The van der Waals surface area contributed by atoms with Gasteiger partial charge in [-0.2, -0.15) is 0 Å². The summed E-state index contributed by atoms with van der Waals surface area (Å²) in [6.45, 7) is 5.85. The van der Waals surface area contributed by atoms with E-state index in [0.717, 1.165) is 30.3 Å². The third-order valence-corrected chi connectivity index (χ3v) is 5.09. The summed E-state index contributed by atoms with van der Waals surface area (Å²) in [6, 6.07) is 3.30. The zero-order chi connectivity index (χ0) is 12.5. The number of carbonyl (C=O) groups is 1. The van der Waals surface area contributed by atoms with Crippen LogP contribution in [-0.2, 0) is 0 Å². The molecule has 3 heterocycles. The molecular formula is C14H20N2OS. The number of fused-ring (bicyclic) bond motifs is 1. The Bertz CT molecular complexity index is 431. The highest BCUT2D eigenvalue weighted by Gasteiger charge is 2.33. The van der Waals surface area contributed by atoms with Crippen LogP contribution in [0.25, 0.3) is 0 Å². The fourth-order valence-electron chi connectivity index (χ4n) is 3.27. The Kier molecular flexibility index (Phi) is 3.39. The van der Waals surface area contributed by atoms with Gasteiger partial charge in [0.05, 0.1) is 4.88 Å². The molecule has 0 saturated carbocycles. The molecule has 0 amide bonds. The van der Waals surface area contributed by atoms with Crippen molar-refractivity contribution in [2.75, 3.05) is 24.5 Å². The minimum absolute atomic E-state index is 0.549. The number of thiophene rings is 1. The first-order valence-electron chi connectivity index (χ1n) is 6.82. The van der Waals surface area contributed by atoms with E-state index in [-0.39, 0.29) is 0 Å². The minimum atomic E-state index is 0.549. The Morgan fingerprint density at radius 1 is 1.39 bits per heavy atom. The molecule has 18 heavy (non-hydrogen) atoms.